The van der Waals surface area contributed by atoms with E-state index in [1.165, 1.54) is 11.4 Å². The zero-order valence-electron chi connectivity index (χ0n) is 34.7. The Morgan fingerprint density at radius 2 is 1.09 bits per heavy atom. The molecule has 0 spiro atoms. The first-order valence-electron chi connectivity index (χ1n) is 18.3. The molecular weight excluding hydrogens is 980 g/mol. The summed E-state index contributed by atoms with van der Waals surface area (Å²) >= 11 is 5.95. The number of aromatic amines is 4. The van der Waals surface area contributed by atoms with Gasteiger partial charge in [-0.15, -0.1) is 0 Å². The second kappa shape index (κ2) is 23.3. The second-order valence-corrected chi connectivity index (χ2v) is 23.2. The fraction of sp³-hybridized carbons (Fsp3) is 0.611. The average Bonchev–Trinajstić information content (AvgIpc) is 3.93. The number of aliphatic carboxylic acids is 2. The molecule has 0 saturated carbocycles. The Hall–Kier alpha value is -2.30. The third-order valence-corrected chi connectivity index (χ3v) is 16.5. The Balaban J connectivity index is 0.000000324. The SMILES string of the molecule is CC(Cc1cnc([Se][Se]c2ncc(CC(C(=O)[O-])[N+](C)(C)C)[nH]2)[nH]1)[N+](C)(C)C.CCN(C)C(C)Cc1cnc([Se])[nH]1.CCN(C)C(Cc1cnc([Se])[nH]1)C(=O)[O-]. The summed E-state index contributed by atoms with van der Waals surface area (Å²) in [5.41, 5.74) is 4.00. The van der Waals surface area contributed by atoms with Gasteiger partial charge in [-0.25, -0.2) is 0 Å². The Labute approximate surface area is 359 Å². The van der Waals surface area contributed by atoms with Crippen LogP contribution in [0.4, 0.5) is 0 Å². The number of quaternary nitrogens is 2. The van der Waals surface area contributed by atoms with Crippen molar-refractivity contribution in [2.45, 2.75) is 77.5 Å². The van der Waals surface area contributed by atoms with Gasteiger partial charge in [-0.05, 0) is 0 Å². The van der Waals surface area contributed by atoms with Crippen LogP contribution in [0, 0.1) is 0 Å². The molecule has 4 unspecified atom stereocenters. The summed E-state index contributed by atoms with van der Waals surface area (Å²) in [7, 11) is 16.1. The molecule has 56 heavy (non-hydrogen) atoms. The van der Waals surface area contributed by atoms with Gasteiger partial charge in [-0.2, -0.15) is 0 Å². The van der Waals surface area contributed by atoms with Gasteiger partial charge in [0.25, 0.3) is 0 Å². The zero-order valence-corrected chi connectivity index (χ0v) is 41.6. The normalized spacial score (nSPS) is 14.0. The summed E-state index contributed by atoms with van der Waals surface area (Å²) in [6, 6.07) is -0.154. The number of nitrogens with one attached hydrogen (secondary N) is 4. The van der Waals surface area contributed by atoms with Crippen LogP contribution in [0.1, 0.15) is 50.5 Å². The van der Waals surface area contributed by atoms with Crippen molar-refractivity contribution in [2.24, 2.45) is 0 Å². The molecule has 4 N–H and O–H groups in total. The van der Waals surface area contributed by atoms with E-state index in [2.05, 4.69) is 126 Å². The third-order valence-electron chi connectivity index (χ3n) is 9.56. The number of hydrogen-bond donors (Lipinski definition) is 4. The molecule has 312 valence electrons. The van der Waals surface area contributed by atoms with Crippen LogP contribution >= 0.6 is 0 Å². The van der Waals surface area contributed by atoms with E-state index in [0.717, 1.165) is 49.4 Å². The van der Waals surface area contributed by atoms with Gasteiger partial charge in [0.05, 0.1) is 0 Å². The van der Waals surface area contributed by atoms with Gasteiger partial charge in [-0.3, -0.25) is 0 Å². The van der Waals surface area contributed by atoms with Crippen molar-refractivity contribution >= 4 is 89.1 Å². The summed E-state index contributed by atoms with van der Waals surface area (Å²) in [5, 5.41) is 22.4. The fourth-order valence-electron chi connectivity index (χ4n) is 5.04. The standard InChI is InChI=1S/C18H30N6O2Se2.C9H14N3O2Se.C9H16N3Se/c1-12(23(2,3)4)8-13-10-19-17(21-13)27-28-18-20-11-14(22-18)9-15(16(25)26)24(5,6)7;1-3-12(2)7(8(13)14)4-6-5-10-9(15)11-6;1-4-12(3)7(2)5-8-6-10-9(13)11-8/h10-12,15H,8-9H2,1-7H3,(H-2,19,20,21,22,25,26);5,7H,3-4H2,1-2H3,(H,10,11)(H,13,14);6-7H,4-5H2,1-3H3,(H,10,11). The number of nitrogens with zero attached hydrogens (tertiary/aromatic N) is 8. The first-order chi connectivity index (χ1) is 26.0. The molecule has 4 aromatic rings. The Morgan fingerprint density at radius 3 is 1.46 bits per heavy atom. The predicted octanol–water partition coefficient (Wildman–Crippen LogP) is -4.69. The number of rotatable bonds is 19. The molecule has 16 nitrogen and oxygen atoms in total. The second-order valence-electron chi connectivity index (χ2n) is 15.6. The molecule has 4 atom stereocenters. The number of hydrogen-bond acceptors (Lipinski definition) is 10. The van der Waals surface area contributed by atoms with Crippen LogP contribution in [0.2, 0.25) is 0 Å². The number of imidazole rings is 4. The van der Waals surface area contributed by atoms with Crippen LogP contribution in [0.15, 0.2) is 24.8 Å². The maximum atomic E-state index is 11.4. The minimum atomic E-state index is -1.06. The molecule has 0 fully saturated rings. The van der Waals surface area contributed by atoms with Crippen LogP contribution in [0.5, 0.6) is 0 Å². The van der Waals surface area contributed by atoms with E-state index in [1.807, 2.05) is 40.5 Å². The average molecular weight is 1040 g/mol. The number of carbonyl (C=O) groups is 2. The van der Waals surface area contributed by atoms with E-state index in [0.29, 0.717) is 40.7 Å². The monoisotopic (exact) mass is 1040 g/mol. The number of aromatic nitrogens is 8. The van der Waals surface area contributed by atoms with Crippen molar-refractivity contribution in [1.29, 1.82) is 0 Å². The van der Waals surface area contributed by atoms with E-state index < -0.39 is 24.0 Å². The van der Waals surface area contributed by atoms with E-state index >= 15 is 0 Å². The van der Waals surface area contributed by atoms with Gasteiger partial charge in [0, 0.05) is 0 Å². The van der Waals surface area contributed by atoms with Crippen LogP contribution in [0.25, 0.3) is 0 Å². The number of carbonyl (C=O) groups excluding carboxylic acids is 2. The number of likely N-dealkylation sites (N-methyl/N-ethyl adjacent to an activating group) is 4. The zero-order chi connectivity index (χ0) is 42.4. The van der Waals surface area contributed by atoms with Crippen molar-refractivity contribution in [1.82, 2.24) is 49.7 Å². The molecule has 0 amide bonds. The van der Waals surface area contributed by atoms with Crippen LogP contribution < -0.4 is 29.1 Å². The third kappa shape index (κ3) is 17.7. The van der Waals surface area contributed by atoms with Crippen LogP contribution in [-0.2, 0) is 35.3 Å². The summed E-state index contributed by atoms with van der Waals surface area (Å²) in [6.07, 6.45) is 9.97. The number of H-pyrrole nitrogens is 4. The topological polar surface area (TPSA) is 201 Å². The van der Waals surface area contributed by atoms with Crippen molar-refractivity contribution in [2.75, 3.05) is 69.5 Å². The van der Waals surface area contributed by atoms with Gasteiger partial charge in [-0.1, -0.05) is 0 Å². The first kappa shape index (κ1) is 49.8. The molecule has 4 aromatic heterocycles. The first-order valence-corrected chi connectivity index (χ1v) is 26.1. The predicted molar refractivity (Wildman–Crippen MR) is 220 cm³/mol. The van der Waals surface area contributed by atoms with Gasteiger partial charge >= 0.3 is 362 Å². The molecule has 0 bridgehead atoms. The molecule has 20 heteroatoms. The van der Waals surface area contributed by atoms with Gasteiger partial charge in [0.15, 0.2) is 0 Å². The Morgan fingerprint density at radius 1 is 0.661 bits per heavy atom. The van der Waals surface area contributed by atoms with Crippen molar-refractivity contribution < 1.29 is 28.8 Å². The maximum absolute atomic E-state index is 11.4. The van der Waals surface area contributed by atoms with Gasteiger partial charge in [0.2, 0.25) is 0 Å². The minimum absolute atomic E-state index is 0.166. The van der Waals surface area contributed by atoms with Crippen LogP contribution in [-0.4, -0.2) is 223 Å². The van der Waals surface area contributed by atoms with E-state index in [1.54, 1.807) is 24.3 Å². The van der Waals surface area contributed by atoms with Crippen LogP contribution in [0.3, 0.4) is 0 Å². The molecule has 0 aliphatic carbocycles. The molecule has 0 aliphatic heterocycles. The molecule has 2 radical (unpaired) electrons. The molecule has 0 aromatic carbocycles. The quantitative estimate of drug-likeness (QED) is 0.0523. The number of carboxylic acid groups (broad SMARTS) is 2. The molecule has 0 aliphatic rings. The van der Waals surface area contributed by atoms with Crippen molar-refractivity contribution in [3.05, 3.63) is 47.6 Å². The van der Waals surface area contributed by atoms with Crippen molar-refractivity contribution in [3.63, 3.8) is 0 Å². The summed E-state index contributed by atoms with van der Waals surface area (Å²) in [5.74, 6) is -2.10. The van der Waals surface area contributed by atoms with Gasteiger partial charge < -0.3 is 0 Å². The molecule has 4 rings (SSSR count). The Kier molecular flexibility index (Phi) is 20.8. The van der Waals surface area contributed by atoms with E-state index in [9.17, 15) is 19.8 Å². The summed E-state index contributed by atoms with van der Waals surface area (Å²) in [6.45, 7) is 10.3. The molecule has 0 saturated heterocycles. The summed E-state index contributed by atoms with van der Waals surface area (Å²) < 4.78 is 4.74. The molecule has 4 heterocycles. The fourth-order valence-corrected chi connectivity index (χ4v) is 10.8. The van der Waals surface area contributed by atoms with E-state index in [4.69, 9.17) is 0 Å². The molecular formula is C36H60N12O4Se4. The summed E-state index contributed by atoms with van der Waals surface area (Å²) in [4.78, 5) is 56.4. The Bertz CT molecular complexity index is 1760. The van der Waals surface area contributed by atoms with E-state index in [-0.39, 0.29) is 26.3 Å². The number of carboxylic acids is 2. The van der Waals surface area contributed by atoms with Gasteiger partial charge in [0.1, 0.15) is 0 Å². The van der Waals surface area contributed by atoms with Crippen molar-refractivity contribution in [3.8, 4) is 0 Å².